The van der Waals surface area contributed by atoms with Crippen molar-refractivity contribution >= 4 is 27.8 Å². The number of para-hydroxylation sites is 3. The molecule has 0 fully saturated rings. The van der Waals surface area contributed by atoms with Gasteiger partial charge in [0.2, 0.25) is 5.91 Å². The fraction of sp³-hybridized carbons (Fsp3) is 0.0556. The van der Waals surface area contributed by atoms with E-state index in [-0.39, 0.29) is 11.5 Å². The number of aromatic amines is 1. The number of H-pyrrole nitrogens is 1. The van der Waals surface area contributed by atoms with Gasteiger partial charge in [0.05, 0.1) is 16.6 Å². The summed E-state index contributed by atoms with van der Waals surface area (Å²) < 4.78 is 1.54. The van der Waals surface area contributed by atoms with Crippen molar-refractivity contribution in [3.63, 3.8) is 0 Å². The lowest BCUT2D eigenvalue weighted by molar-refractivity contribution is 0.0942. The maximum atomic E-state index is 12.4. The molecular weight excluding hydrogens is 290 g/mol. The number of nitrogens with zero attached hydrogens (tertiary/aromatic N) is 2. The first kappa shape index (κ1) is 13.5. The standard InChI is InChI=1S/C18H13N3O2/c1-11(22)21-10-13(12-6-2-5-9-16(12)21)17-18(23)20-15-8-4-3-7-14(15)19-17/h2-10H,1H3,(H,20,23). The van der Waals surface area contributed by atoms with Crippen LogP contribution in [0.5, 0.6) is 0 Å². The third kappa shape index (κ3) is 2.05. The maximum absolute atomic E-state index is 12.4. The summed E-state index contributed by atoms with van der Waals surface area (Å²) in [4.78, 5) is 31.6. The number of benzene rings is 2. The van der Waals surface area contributed by atoms with Crippen molar-refractivity contribution in [2.45, 2.75) is 6.92 Å². The molecule has 0 saturated heterocycles. The van der Waals surface area contributed by atoms with Gasteiger partial charge in [-0.1, -0.05) is 30.3 Å². The number of carbonyl (C=O) groups excluding carboxylic acids is 1. The lowest BCUT2D eigenvalue weighted by atomic mass is 10.1. The minimum absolute atomic E-state index is 0.107. The van der Waals surface area contributed by atoms with Gasteiger partial charge < -0.3 is 4.98 Å². The van der Waals surface area contributed by atoms with Gasteiger partial charge in [0, 0.05) is 24.1 Å². The monoisotopic (exact) mass is 303 g/mol. The zero-order chi connectivity index (χ0) is 16.0. The topological polar surface area (TPSA) is 67.8 Å². The normalized spacial score (nSPS) is 11.2. The zero-order valence-electron chi connectivity index (χ0n) is 12.4. The Hall–Kier alpha value is -3.21. The van der Waals surface area contributed by atoms with Crippen molar-refractivity contribution in [2.75, 3.05) is 0 Å². The van der Waals surface area contributed by atoms with Crippen LogP contribution in [0.2, 0.25) is 0 Å². The summed E-state index contributed by atoms with van der Waals surface area (Å²) in [6.45, 7) is 1.49. The molecule has 112 valence electrons. The highest BCUT2D eigenvalue weighted by Gasteiger charge is 2.16. The first-order chi connectivity index (χ1) is 11.1. The number of aromatic nitrogens is 3. The second kappa shape index (κ2) is 4.91. The van der Waals surface area contributed by atoms with Crippen molar-refractivity contribution in [1.29, 1.82) is 0 Å². The minimum Gasteiger partial charge on any atom is -0.319 e. The van der Waals surface area contributed by atoms with Crippen LogP contribution >= 0.6 is 0 Å². The molecule has 0 atom stereocenters. The van der Waals surface area contributed by atoms with E-state index in [0.29, 0.717) is 22.3 Å². The molecule has 5 heteroatoms. The third-order valence-electron chi connectivity index (χ3n) is 3.91. The molecular formula is C18H13N3O2. The molecule has 0 aliphatic carbocycles. The fourth-order valence-corrected chi connectivity index (χ4v) is 2.84. The molecule has 23 heavy (non-hydrogen) atoms. The van der Waals surface area contributed by atoms with Gasteiger partial charge in [-0.05, 0) is 18.2 Å². The van der Waals surface area contributed by atoms with Crippen LogP contribution in [0.25, 0.3) is 33.2 Å². The Kier molecular flexibility index (Phi) is 2.87. The highest BCUT2D eigenvalue weighted by Crippen LogP contribution is 2.28. The van der Waals surface area contributed by atoms with Gasteiger partial charge in [-0.15, -0.1) is 0 Å². The second-order valence-corrected chi connectivity index (χ2v) is 5.38. The fourth-order valence-electron chi connectivity index (χ4n) is 2.84. The van der Waals surface area contributed by atoms with Crippen molar-refractivity contribution in [1.82, 2.24) is 14.5 Å². The summed E-state index contributed by atoms with van der Waals surface area (Å²) >= 11 is 0. The quantitative estimate of drug-likeness (QED) is 0.587. The summed E-state index contributed by atoms with van der Waals surface area (Å²) in [5.41, 5.74) is 2.88. The van der Waals surface area contributed by atoms with Gasteiger partial charge in [-0.3, -0.25) is 14.2 Å². The molecule has 0 bridgehead atoms. The average Bonchev–Trinajstić information content (AvgIpc) is 2.94. The van der Waals surface area contributed by atoms with E-state index in [2.05, 4.69) is 9.97 Å². The Morgan fingerprint density at radius 3 is 2.65 bits per heavy atom. The molecule has 2 aromatic carbocycles. The number of hydrogen-bond donors (Lipinski definition) is 1. The summed E-state index contributed by atoms with van der Waals surface area (Å²) in [6.07, 6.45) is 1.68. The number of fused-ring (bicyclic) bond motifs is 2. The average molecular weight is 303 g/mol. The molecule has 0 aliphatic rings. The summed E-state index contributed by atoms with van der Waals surface area (Å²) in [5, 5.41) is 0.830. The van der Waals surface area contributed by atoms with E-state index >= 15 is 0 Å². The molecule has 0 radical (unpaired) electrons. The Bertz CT molecular complexity index is 1120. The van der Waals surface area contributed by atoms with Crippen LogP contribution in [-0.2, 0) is 0 Å². The Morgan fingerprint density at radius 2 is 1.83 bits per heavy atom. The smallest absolute Gasteiger partial charge is 0.275 e. The first-order valence-electron chi connectivity index (χ1n) is 7.25. The molecule has 0 saturated carbocycles. The Balaban J connectivity index is 2.09. The summed E-state index contributed by atoms with van der Waals surface area (Å²) in [6, 6.07) is 14.9. The molecule has 0 spiro atoms. The van der Waals surface area contributed by atoms with Gasteiger partial charge in [-0.25, -0.2) is 4.98 Å². The lowest BCUT2D eigenvalue weighted by Gasteiger charge is -2.01. The molecule has 0 aliphatic heterocycles. The van der Waals surface area contributed by atoms with Crippen LogP contribution in [0.1, 0.15) is 11.7 Å². The molecule has 0 amide bonds. The largest absolute Gasteiger partial charge is 0.319 e. The van der Waals surface area contributed by atoms with Gasteiger partial charge in [0.15, 0.2) is 0 Å². The molecule has 4 rings (SSSR count). The van der Waals surface area contributed by atoms with Crippen LogP contribution in [0.3, 0.4) is 0 Å². The maximum Gasteiger partial charge on any atom is 0.275 e. The lowest BCUT2D eigenvalue weighted by Crippen LogP contribution is -2.11. The van der Waals surface area contributed by atoms with E-state index < -0.39 is 0 Å². The SMILES string of the molecule is CC(=O)n1cc(-c2nc3ccccc3[nH]c2=O)c2ccccc21. The van der Waals surface area contributed by atoms with Crippen molar-refractivity contribution in [2.24, 2.45) is 0 Å². The van der Waals surface area contributed by atoms with Gasteiger partial charge in [0.25, 0.3) is 5.56 Å². The van der Waals surface area contributed by atoms with Gasteiger partial charge in [-0.2, -0.15) is 0 Å². The molecule has 0 unspecified atom stereocenters. The highest BCUT2D eigenvalue weighted by molar-refractivity contribution is 6.01. The van der Waals surface area contributed by atoms with Gasteiger partial charge >= 0.3 is 0 Å². The van der Waals surface area contributed by atoms with Crippen molar-refractivity contribution in [3.8, 4) is 11.3 Å². The van der Waals surface area contributed by atoms with Crippen LogP contribution < -0.4 is 5.56 Å². The molecule has 2 aromatic heterocycles. The van der Waals surface area contributed by atoms with Crippen molar-refractivity contribution < 1.29 is 4.79 Å². The van der Waals surface area contributed by atoms with E-state index in [9.17, 15) is 9.59 Å². The molecule has 5 nitrogen and oxygen atoms in total. The predicted octanol–water partition coefficient (Wildman–Crippen LogP) is 3.20. The number of hydrogen-bond acceptors (Lipinski definition) is 3. The predicted molar refractivity (Wildman–Crippen MR) is 89.6 cm³/mol. The van der Waals surface area contributed by atoms with E-state index in [4.69, 9.17) is 0 Å². The van der Waals surface area contributed by atoms with E-state index in [0.717, 1.165) is 10.9 Å². The number of rotatable bonds is 1. The molecule has 1 N–H and O–H groups in total. The number of nitrogens with one attached hydrogen (secondary N) is 1. The third-order valence-corrected chi connectivity index (χ3v) is 3.91. The van der Waals surface area contributed by atoms with E-state index in [1.807, 2.05) is 48.5 Å². The summed E-state index contributed by atoms with van der Waals surface area (Å²) in [7, 11) is 0. The number of carbonyl (C=O) groups is 1. The first-order valence-corrected chi connectivity index (χ1v) is 7.25. The zero-order valence-corrected chi connectivity index (χ0v) is 12.4. The van der Waals surface area contributed by atoms with Gasteiger partial charge in [0.1, 0.15) is 5.69 Å². The second-order valence-electron chi connectivity index (χ2n) is 5.38. The van der Waals surface area contributed by atoms with E-state index in [1.54, 1.807) is 10.8 Å². The minimum atomic E-state index is -0.268. The van der Waals surface area contributed by atoms with Crippen LogP contribution in [0.15, 0.2) is 59.5 Å². The van der Waals surface area contributed by atoms with Crippen LogP contribution in [-0.4, -0.2) is 20.4 Å². The van der Waals surface area contributed by atoms with Crippen molar-refractivity contribution in [3.05, 3.63) is 65.1 Å². The Labute approximate surface area is 131 Å². The molecule has 4 aromatic rings. The highest BCUT2D eigenvalue weighted by atomic mass is 16.1. The van der Waals surface area contributed by atoms with Crippen LogP contribution in [0, 0.1) is 0 Å². The summed E-state index contributed by atoms with van der Waals surface area (Å²) in [5.74, 6) is -0.107. The Morgan fingerprint density at radius 1 is 1.09 bits per heavy atom. The molecule has 2 heterocycles. The van der Waals surface area contributed by atoms with E-state index in [1.165, 1.54) is 6.92 Å². The van der Waals surface area contributed by atoms with Crippen LogP contribution in [0.4, 0.5) is 0 Å².